The Bertz CT molecular complexity index is 891. The number of rotatable bonds is 6. The summed E-state index contributed by atoms with van der Waals surface area (Å²) in [6.07, 6.45) is 0.985. The SMILES string of the molecule is CCc1ccc(-c2nnn(CC(=O)N(C)Cc3ccccc3Br)n2)cc1. The molecule has 134 valence electrons. The summed E-state index contributed by atoms with van der Waals surface area (Å²) < 4.78 is 0.983. The lowest BCUT2D eigenvalue weighted by molar-refractivity contribution is -0.131. The van der Waals surface area contributed by atoms with Gasteiger partial charge in [0.25, 0.3) is 0 Å². The van der Waals surface area contributed by atoms with Crippen LogP contribution in [0.4, 0.5) is 0 Å². The Kier molecular flexibility index (Phi) is 5.78. The van der Waals surface area contributed by atoms with Gasteiger partial charge >= 0.3 is 0 Å². The van der Waals surface area contributed by atoms with Gasteiger partial charge in [0.1, 0.15) is 6.54 Å². The highest BCUT2D eigenvalue weighted by Gasteiger charge is 2.14. The van der Waals surface area contributed by atoms with Gasteiger partial charge in [-0.15, -0.1) is 10.2 Å². The van der Waals surface area contributed by atoms with E-state index in [9.17, 15) is 4.79 Å². The molecule has 0 atom stereocenters. The molecule has 0 radical (unpaired) electrons. The second-order valence-electron chi connectivity index (χ2n) is 6.04. The molecule has 3 rings (SSSR count). The van der Waals surface area contributed by atoms with Crippen molar-refractivity contribution < 1.29 is 4.79 Å². The van der Waals surface area contributed by atoms with E-state index in [-0.39, 0.29) is 12.5 Å². The predicted octanol–water partition coefficient (Wildman–Crippen LogP) is 3.32. The molecule has 1 heterocycles. The van der Waals surface area contributed by atoms with Gasteiger partial charge in [0.2, 0.25) is 11.7 Å². The van der Waals surface area contributed by atoms with Crippen molar-refractivity contribution in [3.63, 3.8) is 0 Å². The molecular weight excluding hydrogens is 394 g/mol. The first-order chi connectivity index (χ1) is 12.6. The summed E-state index contributed by atoms with van der Waals surface area (Å²) in [5.41, 5.74) is 3.19. The number of amides is 1. The van der Waals surface area contributed by atoms with E-state index in [1.807, 2.05) is 48.5 Å². The molecule has 0 saturated heterocycles. The Morgan fingerprint density at radius 3 is 2.58 bits per heavy atom. The number of hydrogen-bond acceptors (Lipinski definition) is 4. The number of aromatic nitrogens is 4. The average molecular weight is 414 g/mol. The monoisotopic (exact) mass is 413 g/mol. The van der Waals surface area contributed by atoms with Gasteiger partial charge in [0.05, 0.1) is 0 Å². The van der Waals surface area contributed by atoms with Crippen LogP contribution in [-0.4, -0.2) is 38.1 Å². The van der Waals surface area contributed by atoms with E-state index < -0.39 is 0 Å². The molecule has 6 nitrogen and oxygen atoms in total. The Morgan fingerprint density at radius 1 is 1.15 bits per heavy atom. The smallest absolute Gasteiger partial charge is 0.246 e. The van der Waals surface area contributed by atoms with Crippen LogP contribution in [0.1, 0.15) is 18.1 Å². The Balaban J connectivity index is 1.64. The molecule has 0 aliphatic carbocycles. The molecule has 7 heteroatoms. The van der Waals surface area contributed by atoms with Gasteiger partial charge in [-0.3, -0.25) is 4.79 Å². The van der Waals surface area contributed by atoms with Crippen LogP contribution in [0.5, 0.6) is 0 Å². The summed E-state index contributed by atoms with van der Waals surface area (Å²) in [5.74, 6) is 0.444. The van der Waals surface area contributed by atoms with E-state index in [4.69, 9.17) is 0 Å². The number of benzene rings is 2. The highest BCUT2D eigenvalue weighted by atomic mass is 79.9. The largest absolute Gasteiger partial charge is 0.340 e. The summed E-state index contributed by atoms with van der Waals surface area (Å²) in [6.45, 7) is 2.68. The molecule has 2 aromatic carbocycles. The summed E-state index contributed by atoms with van der Waals surface area (Å²) in [7, 11) is 1.77. The summed E-state index contributed by atoms with van der Waals surface area (Å²) in [5, 5.41) is 12.4. The first-order valence-electron chi connectivity index (χ1n) is 8.41. The number of halogens is 1. The third-order valence-electron chi connectivity index (χ3n) is 4.14. The van der Waals surface area contributed by atoms with Crippen molar-refractivity contribution in [1.82, 2.24) is 25.1 Å². The summed E-state index contributed by atoms with van der Waals surface area (Å²) in [4.78, 5) is 15.4. The van der Waals surface area contributed by atoms with Crippen molar-refractivity contribution in [2.24, 2.45) is 0 Å². The predicted molar refractivity (Wildman–Crippen MR) is 103 cm³/mol. The maximum Gasteiger partial charge on any atom is 0.246 e. The lowest BCUT2D eigenvalue weighted by atomic mass is 10.1. The van der Waals surface area contributed by atoms with Crippen LogP contribution < -0.4 is 0 Å². The third-order valence-corrected chi connectivity index (χ3v) is 4.91. The summed E-state index contributed by atoms with van der Waals surface area (Å²) in [6, 6.07) is 15.9. The Morgan fingerprint density at radius 2 is 1.88 bits per heavy atom. The van der Waals surface area contributed by atoms with Crippen molar-refractivity contribution in [2.75, 3.05) is 7.05 Å². The van der Waals surface area contributed by atoms with Crippen LogP contribution in [0, 0.1) is 0 Å². The third kappa shape index (κ3) is 4.35. The van der Waals surface area contributed by atoms with E-state index in [0.29, 0.717) is 12.4 Å². The van der Waals surface area contributed by atoms with Crippen LogP contribution in [0.2, 0.25) is 0 Å². The van der Waals surface area contributed by atoms with Gasteiger partial charge in [-0.2, -0.15) is 4.80 Å². The Hall–Kier alpha value is -2.54. The topological polar surface area (TPSA) is 63.9 Å². The minimum Gasteiger partial charge on any atom is -0.340 e. The van der Waals surface area contributed by atoms with E-state index in [2.05, 4.69) is 38.3 Å². The van der Waals surface area contributed by atoms with Crippen LogP contribution in [0.25, 0.3) is 11.4 Å². The standard InChI is InChI=1S/C19H20BrN5O/c1-3-14-8-10-15(11-9-14)19-21-23-25(22-19)13-18(26)24(2)12-16-6-4-5-7-17(16)20/h4-11H,3,12-13H2,1-2H3. The normalized spacial score (nSPS) is 10.7. The first-order valence-corrected chi connectivity index (χ1v) is 9.20. The molecular formula is C19H20BrN5O. The van der Waals surface area contributed by atoms with Crippen LogP contribution >= 0.6 is 15.9 Å². The lowest BCUT2D eigenvalue weighted by Crippen LogP contribution is -2.30. The van der Waals surface area contributed by atoms with Gasteiger partial charge < -0.3 is 4.90 Å². The number of aryl methyl sites for hydroxylation is 1. The number of likely N-dealkylation sites (N-methyl/N-ethyl adjacent to an activating group) is 1. The van der Waals surface area contributed by atoms with E-state index in [0.717, 1.165) is 22.0 Å². The minimum absolute atomic E-state index is 0.0565. The molecule has 1 aromatic heterocycles. The number of nitrogens with zero attached hydrogens (tertiary/aromatic N) is 5. The molecule has 26 heavy (non-hydrogen) atoms. The number of hydrogen-bond donors (Lipinski definition) is 0. The van der Waals surface area contributed by atoms with Crippen molar-refractivity contribution >= 4 is 21.8 Å². The summed E-state index contributed by atoms with van der Waals surface area (Å²) >= 11 is 3.50. The minimum atomic E-state index is -0.0777. The van der Waals surface area contributed by atoms with Gasteiger partial charge in [-0.05, 0) is 28.8 Å². The molecule has 0 N–H and O–H groups in total. The maximum atomic E-state index is 12.4. The van der Waals surface area contributed by atoms with Crippen LogP contribution in [0.15, 0.2) is 53.0 Å². The highest BCUT2D eigenvalue weighted by molar-refractivity contribution is 9.10. The number of carbonyl (C=O) groups is 1. The Labute approximate surface area is 161 Å². The van der Waals surface area contributed by atoms with Crippen molar-refractivity contribution in [3.8, 4) is 11.4 Å². The molecule has 0 spiro atoms. The molecule has 3 aromatic rings. The fourth-order valence-corrected chi connectivity index (χ4v) is 2.94. The zero-order valence-corrected chi connectivity index (χ0v) is 16.3. The molecule has 0 unspecified atom stereocenters. The van der Waals surface area contributed by atoms with E-state index in [1.165, 1.54) is 10.4 Å². The fourth-order valence-electron chi connectivity index (χ4n) is 2.53. The van der Waals surface area contributed by atoms with Gasteiger partial charge in [-0.25, -0.2) is 0 Å². The zero-order chi connectivity index (χ0) is 18.5. The van der Waals surface area contributed by atoms with Crippen molar-refractivity contribution in [1.29, 1.82) is 0 Å². The molecule has 1 amide bonds. The van der Waals surface area contributed by atoms with Crippen molar-refractivity contribution in [2.45, 2.75) is 26.4 Å². The van der Waals surface area contributed by atoms with Gasteiger partial charge in [-0.1, -0.05) is 65.3 Å². The molecule has 0 aliphatic rings. The molecule has 0 bridgehead atoms. The van der Waals surface area contributed by atoms with Crippen LogP contribution in [-0.2, 0) is 24.3 Å². The van der Waals surface area contributed by atoms with Crippen molar-refractivity contribution in [3.05, 3.63) is 64.1 Å². The maximum absolute atomic E-state index is 12.4. The van der Waals surface area contributed by atoms with Gasteiger partial charge in [0.15, 0.2) is 0 Å². The molecule has 0 saturated carbocycles. The second kappa shape index (κ2) is 8.23. The number of tetrazole rings is 1. The molecule has 0 aliphatic heterocycles. The van der Waals surface area contributed by atoms with E-state index >= 15 is 0 Å². The second-order valence-corrected chi connectivity index (χ2v) is 6.89. The van der Waals surface area contributed by atoms with Gasteiger partial charge in [0, 0.05) is 23.6 Å². The average Bonchev–Trinajstić information content (AvgIpc) is 3.12. The zero-order valence-electron chi connectivity index (χ0n) is 14.8. The fraction of sp³-hybridized carbons (Fsp3) is 0.263. The highest BCUT2D eigenvalue weighted by Crippen LogP contribution is 2.18. The first kappa shape index (κ1) is 18.3. The quantitative estimate of drug-likeness (QED) is 0.621. The number of carbonyl (C=O) groups excluding carboxylic acids is 1. The molecule has 0 fully saturated rings. The lowest BCUT2D eigenvalue weighted by Gasteiger charge is -2.17. The van der Waals surface area contributed by atoms with Crippen LogP contribution in [0.3, 0.4) is 0 Å². The van der Waals surface area contributed by atoms with E-state index in [1.54, 1.807) is 11.9 Å².